The second kappa shape index (κ2) is 8.80. The van der Waals surface area contributed by atoms with E-state index in [0.717, 1.165) is 37.1 Å². The molecule has 9 heteroatoms. The summed E-state index contributed by atoms with van der Waals surface area (Å²) < 4.78 is 38.6. The summed E-state index contributed by atoms with van der Waals surface area (Å²) >= 11 is 0. The maximum Gasteiger partial charge on any atom is 0.416 e. The van der Waals surface area contributed by atoms with Crippen molar-refractivity contribution >= 4 is 23.3 Å². The average molecular weight is 448 g/mol. The molecule has 1 unspecified atom stereocenters. The van der Waals surface area contributed by atoms with Crippen molar-refractivity contribution in [3.63, 3.8) is 0 Å². The number of nitrogens with zero attached hydrogens (tertiary/aromatic N) is 3. The molecule has 1 aliphatic heterocycles. The lowest BCUT2D eigenvalue weighted by Crippen LogP contribution is -2.48. The molecular weight excluding hydrogens is 421 g/mol. The summed E-state index contributed by atoms with van der Waals surface area (Å²) in [6.45, 7) is 9.80. The van der Waals surface area contributed by atoms with Gasteiger partial charge >= 0.3 is 6.18 Å². The minimum absolute atomic E-state index is 0.0566. The number of nitro groups is 1. The fourth-order valence-electron chi connectivity index (χ4n) is 4.37. The highest BCUT2D eigenvalue weighted by atomic mass is 19.4. The Balaban J connectivity index is 1.84. The van der Waals surface area contributed by atoms with Crippen LogP contribution in [0.25, 0.3) is 0 Å². The molecule has 2 aromatic carbocycles. The van der Waals surface area contributed by atoms with E-state index in [1.165, 1.54) is 17.5 Å². The smallest absolute Gasteiger partial charge is 0.366 e. The predicted octanol–water partition coefficient (Wildman–Crippen LogP) is 6.56. The summed E-state index contributed by atoms with van der Waals surface area (Å²) in [6, 6.07) is 8.33. The molecule has 2 aromatic rings. The Bertz CT molecular complexity index is 1030. The third kappa shape index (κ3) is 4.87. The molecule has 0 aromatic heterocycles. The van der Waals surface area contributed by atoms with Gasteiger partial charge < -0.3 is 4.90 Å². The molecule has 1 N–H and O–H groups in total. The molecule has 0 bridgehead atoms. The molecule has 0 saturated heterocycles. The van der Waals surface area contributed by atoms with E-state index in [1.807, 2.05) is 12.1 Å². The zero-order chi connectivity index (χ0) is 23.7. The van der Waals surface area contributed by atoms with Gasteiger partial charge in [-0.1, -0.05) is 19.9 Å². The van der Waals surface area contributed by atoms with Crippen LogP contribution >= 0.6 is 0 Å². The van der Waals surface area contributed by atoms with E-state index in [1.54, 1.807) is 0 Å². The highest BCUT2D eigenvalue weighted by molar-refractivity contribution is 5.82. The Hall–Kier alpha value is -3.10. The van der Waals surface area contributed by atoms with Gasteiger partial charge in [-0.05, 0) is 68.0 Å². The molecule has 0 radical (unpaired) electrons. The Morgan fingerprint density at radius 1 is 1.28 bits per heavy atom. The number of halogens is 3. The van der Waals surface area contributed by atoms with Gasteiger partial charge in [-0.3, -0.25) is 15.5 Å². The minimum Gasteiger partial charge on any atom is -0.366 e. The number of nitrogens with one attached hydrogen (secondary N) is 1. The van der Waals surface area contributed by atoms with Crippen molar-refractivity contribution in [2.24, 2.45) is 5.10 Å². The molecule has 1 atom stereocenters. The first kappa shape index (κ1) is 23.6. The molecule has 0 fully saturated rings. The highest BCUT2D eigenvalue weighted by Gasteiger charge is 2.36. The number of anilines is 2. The quantitative estimate of drug-likeness (QED) is 0.309. The van der Waals surface area contributed by atoms with Gasteiger partial charge in [-0.25, -0.2) is 0 Å². The Morgan fingerprint density at radius 3 is 2.62 bits per heavy atom. The van der Waals surface area contributed by atoms with Gasteiger partial charge in [-0.15, -0.1) is 0 Å². The van der Waals surface area contributed by atoms with Crippen LogP contribution in [0.3, 0.4) is 0 Å². The summed E-state index contributed by atoms with van der Waals surface area (Å²) in [7, 11) is 0. The first-order valence-electron chi connectivity index (χ1n) is 10.5. The molecule has 32 heavy (non-hydrogen) atoms. The summed E-state index contributed by atoms with van der Waals surface area (Å²) in [5, 5.41) is 15.2. The van der Waals surface area contributed by atoms with E-state index in [-0.39, 0.29) is 11.2 Å². The molecular formula is C23H27F3N4O2. The van der Waals surface area contributed by atoms with Crippen molar-refractivity contribution in [2.45, 2.75) is 58.2 Å². The fraction of sp³-hybridized carbons (Fsp3) is 0.435. The van der Waals surface area contributed by atoms with Crippen molar-refractivity contribution in [1.82, 2.24) is 0 Å². The summed E-state index contributed by atoms with van der Waals surface area (Å²) in [5.41, 5.74) is 3.89. The largest absolute Gasteiger partial charge is 0.416 e. The molecule has 0 spiro atoms. The van der Waals surface area contributed by atoms with Crippen LogP contribution in [-0.4, -0.2) is 23.2 Å². The van der Waals surface area contributed by atoms with Crippen molar-refractivity contribution < 1.29 is 18.1 Å². The number of fused-ring (bicyclic) bond motifs is 1. The third-order valence-corrected chi connectivity index (χ3v) is 5.78. The highest BCUT2D eigenvalue weighted by Crippen LogP contribution is 2.43. The lowest BCUT2D eigenvalue weighted by atomic mass is 9.79. The number of alkyl halides is 3. The molecule has 1 aliphatic rings. The first-order valence-corrected chi connectivity index (χ1v) is 10.5. The van der Waals surface area contributed by atoms with Crippen LogP contribution in [0.2, 0.25) is 0 Å². The van der Waals surface area contributed by atoms with Crippen LogP contribution < -0.4 is 10.3 Å². The van der Waals surface area contributed by atoms with Crippen LogP contribution in [-0.2, 0) is 6.18 Å². The Labute approximate surface area is 185 Å². The topological polar surface area (TPSA) is 70.8 Å². The van der Waals surface area contributed by atoms with Crippen LogP contribution in [0.15, 0.2) is 41.5 Å². The molecule has 3 rings (SSSR count). The molecule has 1 heterocycles. The summed E-state index contributed by atoms with van der Waals surface area (Å²) in [6.07, 6.45) is -1.10. The van der Waals surface area contributed by atoms with Crippen molar-refractivity contribution in [2.75, 3.05) is 16.9 Å². The molecule has 172 valence electrons. The molecule has 0 saturated carbocycles. The fourth-order valence-corrected chi connectivity index (χ4v) is 4.37. The zero-order valence-corrected chi connectivity index (χ0v) is 18.5. The summed E-state index contributed by atoms with van der Waals surface area (Å²) in [5.74, 6) is 0.352. The second-order valence-corrected chi connectivity index (χ2v) is 8.74. The van der Waals surface area contributed by atoms with Gasteiger partial charge in [0.25, 0.3) is 5.69 Å². The van der Waals surface area contributed by atoms with Gasteiger partial charge in [0, 0.05) is 23.8 Å². The van der Waals surface area contributed by atoms with E-state index in [9.17, 15) is 23.3 Å². The lowest BCUT2D eigenvalue weighted by molar-refractivity contribution is -0.384. The number of hydrogen-bond donors (Lipinski definition) is 1. The van der Waals surface area contributed by atoms with Crippen molar-refractivity contribution in [3.8, 4) is 0 Å². The maximum atomic E-state index is 12.9. The molecule has 0 amide bonds. The van der Waals surface area contributed by atoms with Crippen molar-refractivity contribution in [1.29, 1.82) is 0 Å². The van der Waals surface area contributed by atoms with E-state index in [0.29, 0.717) is 12.0 Å². The third-order valence-electron chi connectivity index (χ3n) is 5.78. The van der Waals surface area contributed by atoms with E-state index in [4.69, 9.17) is 0 Å². The lowest BCUT2D eigenvalue weighted by Gasteiger charge is -2.47. The van der Waals surface area contributed by atoms with Gasteiger partial charge in [0.2, 0.25) is 0 Å². The van der Waals surface area contributed by atoms with Crippen LogP contribution in [0, 0.1) is 10.1 Å². The number of benzene rings is 2. The van der Waals surface area contributed by atoms with Gasteiger partial charge in [0.1, 0.15) is 5.69 Å². The SMILES string of the molecule is CCCN1c2ccc(/C=N/Nc3ccc(C(F)(F)F)cc3[N+](=O)[O-])cc2C(C)CC1(C)C. The zero-order valence-electron chi connectivity index (χ0n) is 18.5. The first-order chi connectivity index (χ1) is 14.9. The molecule has 0 aliphatic carbocycles. The number of hydrazone groups is 1. The van der Waals surface area contributed by atoms with Crippen LogP contribution in [0.1, 0.15) is 63.1 Å². The second-order valence-electron chi connectivity index (χ2n) is 8.74. The predicted molar refractivity (Wildman–Crippen MR) is 121 cm³/mol. The summed E-state index contributed by atoms with van der Waals surface area (Å²) in [4.78, 5) is 12.8. The minimum atomic E-state index is -4.66. The van der Waals surface area contributed by atoms with Gasteiger partial charge in [-0.2, -0.15) is 18.3 Å². The van der Waals surface area contributed by atoms with E-state index >= 15 is 0 Å². The Morgan fingerprint density at radius 2 is 2.00 bits per heavy atom. The number of hydrogen-bond acceptors (Lipinski definition) is 5. The standard InChI is InChI=1S/C23H27F3N4O2/c1-5-10-29-20-9-6-16(11-18(20)15(2)13-22(29,3)4)14-27-28-19-8-7-17(23(24,25)26)12-21(19)30(31)32/h6-9,11-12,14-15,28H,5,10,13H2,1-4H3/b27-14+. The monoisotopic (exact) mass is 448 g/mol. The van der Waals surface area contributed by atoms with Crippen LogP contribution in [0.4, 0.5) is 30.2 Å². The normalized spacial score (nSPS) is 18.0. The van der Waals surface area contributed by atoms with Crippen molar-refractivity contribution in [3.05, 3.63) is 63.2 Å². The number of nitro benzene ring substituents is 1. The van der Waals surface area contributed by atoms with Gasteiger partial charge in [0.05, 0.1) is 16.7 Å². The van der Waals surface area contributed by atoms with E-state index in [2.05, 4.69) is 49.2 Å². The van der Waals surface area contributed by atoms with Gasteiger partial charge in [0.15, 0.2) is 0 Å². The maximum absolute atomic E-state index is 12.9. The average Bonchev–Trinajstić information content (AvgIpc) is 2.70. The number of rotatable bonds is 6. The van der Waals surface area contributed by atoms with E-state index < -0.39 is 22.4 Å². The van der Waals surface area contributed by atoms with Crippen LogP contribution in [0.5, 0.6) is 0 Å². The Kier molecular flexibility index (Phi) is 6.48. The molecule has 6 nitrogen and oxygen atoms in total.